The molecular formula is C32H24O6. The minimum atomic E-state index is -0.419. The second-order valence-electron chi connectivity index (χ2n) is 9.45. The predicted octanol–water partition coefficient (Wildman–Crippen LogP) is 6.72. The highest BCUT2D eigenvalue weighted by Gasteiger charge is 2.23. The van der Waals surface area contributed by atoms with Crippen LogP contribution >= 0.6 is 0 Å². The Labute approximate surface area is 219 Å². The Morgan fingerprint density at radius 1 is 0.579 bits per heavy atom. The first-order valence-corrected chi connectivity index (χ1v) is 12.5. The molecule has 6 heteroatoms. The van der Waals surface area contributed by atoms with Gasteiger partial charge in [0.15, 0.2) is 23.0 Å². The standard InChI is InChI=1S/C32H24O6/c1-34-32(33)19-10-11-28-29(14-19)36-16-21-13-23-18-38-31-27-9-5-3-7-25(27)24-6-2-4-8-26(24)30(31)37-17-22(23)12-20(21)15-35-28/h2-14H,15-18H2,1H3. The third kappa shape index (κ3) is 3.68. The van der Waals surface area contributed by atoms with E-state index in [4.69, 9.17) is 23.7 Å². The Bertz CT molecular complexity index is 1740. The monoisotopic (exact) mass is 504 g/mol. The van der Waals surface area contributed by atoms with E-state index in [1.165, 1.54) is 7.11 Å². The zero-order chi connectivity index (χ0) is 25.6. The van der Waals surface area contributed by atoms with Crippen molar-refractivity contribution in [1.82, 2.24) is 0 Å². The van der Waals surface area contributed by atoms with Gasteiger partial charge in [0.2, 0.25) is 0 Å². The molecule has 7 rings (SSSR count). The van der Waals surface area contributed by atoms with Gasteiger partial charge in [-0.25, -0.2) is 4.79 Å². The zero-order valence-corrected chi connectivity index (χ0v) is 20.8. The highest BCUT2D eigenvalue weighted by molar-refractivity contribution is 6.13. The number of benzene rings is 5. The van der Waals surface area contributed by atoms with E-state index in [9.17, 15) is 4.79 Å². The van der Waals surface area contributed by atoms with E-state index in [1.807, 2.05) is 18.2 Å². The summed E-state index contributed by atoms with van der Waals surface area (Å²) in [5, 5.41) is 4.35. The Hall–Kier alpha value is -4.71. The summed E-state index contributed by atoms with van der Waals surface area (Å²) in [5.41, 5.74) is 4.54. The molecule has 0 aromatic heterocycles. The average Bonchev–Trinajstić information content (AvgIpc) is 2.94. The third-order valence-electron chi connectivity index (χ3n) is 7.24. The van der Waals surface area contributed by atoms with Gasteiger partial charge in [-0.2, -0.15) is 0 Å². The maximum absolute atomic E-state index is 12.0. The first-order valence-electron chi connectivity index (χ1n) is 12.5. The number of fused-ring (bicyclic) bond motifs is 9. The van der Waals surface area contributed by atoms with Crippen LogP contribution in [0.25, 0.3) is 21.5 Å². The molecule has 6 nitrogen and oxygen atoms in total. The number of rotatable bonds is 1. The molecule has 5 aromatic rings. The van der Waals surface area contributed by atoms with Crippen molar-refractivity contribution in [2.24, 2.45) is 0 Å². The highest BCUT2D eigenvalue weighted by atomic mass is 16.5. The van der Waals surface area contributed by atoms with Gasteiger partial charge < -0.3 is 23.7 Å². The van der Waals surface area contributed by atoms with E-state index < -0.39 is 5.97 Å². The normalized spacial score (nSPS) is 13.9. The zero-order valence-electron chi connectivity index (χ0n) is 20.8. The molecule has 0 saturated heterocycles. The quantitative estimate of drug-likeness (QED) is 0.187. The molecule has 0 aliphatic carbocycles. The molecule has 0 saturated carbocycles. The summed E-state index contributed by atoms with van der Waals surface area (Å²) in [6, 6.07) is 25.9. The summed E-state index contributed by atoms with van der Waals surface area (Å²) in [4.78, 5) is 12.0. The molecule has 0 fully saturated rings. The van der Waals surface area contributed by atoms with Crippen LogP contribution in [-0.4, -0.2) is 13.1 Å². The minimum absolute atomic E-state index is 0.342. The summed E-state index contributed by atoms with van der Waals surface area (Å²) in [7, 11) is 1.36. The van der Waals surface area contributed by atoms with Crippen LogP contribution in [0.1, 0.15) is 32.6 Å². The maximum Gasteiger partial charge on any atom is 0.337 e. The van der Waals surface area contributed by atoms with Gasteiger partial charge in [-0.3, -0.25) is 0 Å². The molecule has 2 aliphatic heterocycles. The second-order valence-corrected chi connectivity index (χ2v) is 9.45. The van der Waals surface area contributed by atoms with E-state index >= 15 is 0 Å². The molecule has 2 aliphatic rings. The van der Waals surface area contributed by atoms with Crippen molar-refractivity contribution in [2.45, 2.75) is 26.4 Å². The Morgan fingerprint density at radius 3 is 1.58 bits per heavy atom. The Morgan fingerprint density at radius 2 is 1.05 bits per heavy atom. The molecule has 0 N–H and O–H groups in total. The molecular weight excluding hydrogens is 480 g/mol. The topological polar surface area (TPSA) is 63.2 Å². The lowest BCUT2D eigenvalue weighted by atomic mass is 9.97. The first-order chi connectivity index (χ1) is 18.7. The summed E-state index contributed by atoms with van der Waals surface area (Å²) >= 11 is 0. The number of esters is 1. The molecule has 38 heavy (non-hydrogen) atoms. The van der Waals surface area contributed by atoms with Gasteiger partial charge in [0.25, 0.3) is 0 Å². The molecule has 188 valence electrons. The smallest absolute Gasteiger partial charge is 0.337 e. The van der Waals surface area contributed by atoms with Crippen molar-refractivity contribution in [3.05, 3.63) is 107 Å². The van der Waals surface area contributed by atoms with Crippen molar-refractivity contribution in [3.63, 3.8) is 0 Å². The molecule has 2 heterocycles. The third-order valence-corrected chi connectivity index (χ3v) is 7.24. The van der Waals surface area contributed by atoms with Crippen LogP contribution in [0.3, 0.4) is 0 Å². The van der Waals surface area contributed by atoms with E-state index in [0.717, 1.165) is 55.3 Å². The summed E-state index contributed by atoms with van der Waals surface area (Å²) in [6.45, 7) is 1.54. The number of carbonyl (C=O) groups is 1. The van der Waals surface area contributed by atoms with Crippen LogP contribution in [0.4, 0.5) is 0 Å². The molecule has 0 bridgehead atoms. The number of carbonyl (C=O) groups excluding carboxylic acids is 1. The summed E-state index contributed by atoms with van der Waals surface area (Å²) < 4.78 is 30.0. The summed E-state index contributed by atoms with van der Waals surface area (Å²) in [5.74, 6) is 2.21. The van der Waals surface area contributed by atoms with Crippen LogP contribution in [0.2, 0.25) is 0 Å². The van der Waals surface area contributed by atoms with Crippen molar-refractivity contribution in [1.29, 1.82) is 0 Å². The largest absolute Gasteiger partial charge is 0.485 e. The molecule has 0 radical (unpaired) electrons. The number of ether oxygens (including phenoxy) is 5. The van der Waals surface area contributed by atoms with Crippen LogP contribution < -0.4 is 18.9 Å². The van der Waals surface area contributed by atoms with Crippen LogP contribution in [-0.2, 0) is 31.2 Å². The summed E-state index contributed by atoms with van der Waals surface area (Å²) in [6.07, 6.45) is 0. The van der Waals surface area contributed by atoms with E-state index in [1.54, 1.807) is 18.2 Å². The number of hydrogen-bond donors (Lipinski definition) is 0. The fourth-order valence-corrected chi connectivity index (χ4v) is 5.29. The minimum Gasteiger partial charge on any atom is -0.485 e. The van der Waals surface area contributed by atoms with Gasteiger partial charge in [0.05, 0.1) is 12.7 Å². The Kier molecular flexibility index (Phi) is 5.32. The number of methoxy groups -OCH3 is 1. The number of hydrogen-bond acceptors (Lipinski definition) is 6. The second kappa shape index (κ2) is 8.99. The van der Waals surface area contributed by atoms with Crippen molar-refractivity contribution in [2.75, 3.05) is 7.11 Å². The lowest BCUT2D eigenvalue weighted by molar-refractivity contribution is 0.0600. The highest BCUT2D eigenvalue weighted by Crippen LogP contribution is 2.45. The molecule has 0 unspecified atom stereocenters. The lowest BCUT2D eigenvalue weighted by Crippen LogP contribution is -2.14. The fourth-order valence-electron chi connectivity index (χ4n) is 5.29. The van der Waals surface area contributed by atoms with Crippen LogP contribution in [0, 0.1) is 0 Å². The first kappa shape index (κ1) is 22.5. The van der Waals surface area contributed by atoms with Crippen molar-refractivity contribution < 1.29 is 28.5 Å². The van der Waals surface area contributed by atoms with Gasteiger partial charge in [-0.05, 0) is 63.4 Å². The molecule has 0 atom stereocenters. The molecule has 0 amide bonds. The SMILES string of the molecule is COC(=O)c1ccc2c(c1)OCc1cc3c(cc1CO2)COc1c(c2ccccc2c2ccccc12)OC3. The Balaban J connectivity index is 1.25. The van der Waals surface area contributed by atoms with Gasteiger partial charge in [-0.15, -0.1) is 0 Å². The fraction of sp³-hybridized carbons (Fsp3) is 0.156. The van der Waals surface area contributed by atoms with Gasteiger partial charge in [0.1, 0.15) is 26.4 Å². The van der Waals surface area contributed by atoms with Crippen molar-refractivity contribution >= 4 is 27.5 Å². The van der Waals surface area contributed by atoms with Gasteiger partial charge in [-0.1, -0.05) is 48.5 Å². The lowest BCUT2D eigenvalue weighted by Gasteiger charge is -2.25. The molecule has 0 spiro atoms. The van der Waals surface area contributed by atoms with Crippen LogP contribution in [0.5, 0.6) is 23.0 Å². The van der Waals surface area contributed by atoms with Gasteiger partial charge >= 0.3 is 5.97 Å². The average molecular weight is 505 g/mol. The van der Waals surface area contributed by atoms with Gasteiger partial charge in [0, 0.05) is 10.8 Å². The van der Waals surface area contributed by atoms with E-state index in [0.29, 0.717) is 43.5 Å². The molecule has 5 aromatic carbocycles. The van der Waals surface area contributed by atoms with E-state index in [2.05, 4.69) is 42.5 Å². The maximum atomic E-state index is 12.0. The van der Waals surface area contributed by atoms with Crippen molar-refractivity contribution in [3.8, 4) is 23.0 Å². The predicted molar refractivity (Wildman–Crippen MR) is 143 cm³/mol. The van der Waals surface area contributed by atoms with Crippen LogP contribution in [0.15, 0.2) is 78.9 Å². The van der Waals surface area contributed by atoms with E-state index in [-0.39, 0.29) is 0 Å².